The molecule has 1 spiro atoms. The molecule has 3 aliphatic rings. The number of carbonyl (C=O) groups is 3. The lowest BCUT2D eigenvalue weighted by molar-refractivity contribution is -0.134. The molecule has 0 atom stereocenters. The molecule has 1 aliphatic heterocycles. The summed E-state index contributed by atoms with van der Waals surface area (Å²) in [6.07, 6.45) is 11.8. The van der Waals surface area contributed by atoms with E-state index in [1.807, 2.05) is 0 Å². The number of ether oxygens (including phenoxy) is 1. The Morgan fingerprint density at radius 1 is 1.17 bits per heavy atom. The smallest absolute Gasteiger partial charge is 0.325 e. The molecule has 0 unspecified atom stereocenters. The number of imide groups is 1. The van der Waals surface area contributed by atoms with Crippen molar-refractivity contribution in [1.29, 1.82) is 0 Å². The van der Waals surface area contributed by atoms with E-state index in [-0.39, 0.29) is 12.5 Å². The van der Waals surface area contributed by atoms with Gasteiger partial charge in [-0.1, -0.05) is 38.5 Å². The average Bonchev–Trinajstić information content (AvgIpc) is 2.98. The molecule has 2 saturated carbocycles. The van der Waals surface area contributed by atoms with E-state index in [1.54, 1.807) is 18.3 Å². The van der Waals surface area contributed by atoms with Crippen molar-refractivity contribution in [3.63, 3.8) is 0 Å². The van der Waals surface area contributed by atoms with Gasteiger partial charge in [-0.3, -0.25) is 14.5 Å². The van der Waals surface area contributed by atoms with Crippen molar-refractivity contribution in [2.45, 2.75) is 69.7 Å². The number of nitrogens with one attached hydrogen (secondary N) is 2. The fourth-order valence-corrected chi connectivity index (χ4v) is 4.79. The minimum absolute atomic E-state index is 0.294. The molecule has 0 radical (unpaired) electrons. The van der Waals surface area contributed by atoms with E-state index in [2.05, 4.69) is 15.6 Å². The molecule has 2 N–H and O–H groups in total. The highest BCUT2D eigenvalue weighted by molar-refractivity contribution is 6.10. The summed E-state index contributed by atoms with van der Waals surface area (Å²) in [6, 6.07) is 3.04. The van der Waals surface area contributed by atoms with Crippen LogP contribution in [-0.2, 0) is 9.59 Å². The number of rotatable bonds is 6. The number of aromatic nitrogens is 1. The Morgan fingerprint density at radius 3 is 2.67 bits per heavy atom. The molecule has 1 aromatic heterocycles. The zero-order valence-electron chi connectivity index (χ0n) is 17.3. The fraction of sp³-hybridized carbons (Fsp3) is 0.636. The molecule has 162 valence electrons. The first kappa shape index (κ1) is 20.6. The molecule has 4 amide bonds. The second-order valence-electron chi connectivity index (χ2n) is 8.68. The number of hydrogen-bond donors (Lipinski definition) is 2. The zero-order valence-corrected chi connectivity index (χ0v) is 17.3. The first-order valence-corrected chi connectivity index (χ1v) is 11.1. The van der Waals surface area contributed by atoms with Crippen LogP contribution >= 0.6 is 0 Å². The summed E-state index contributed by atoms with van der Waals surface area (Å²) in [5.74, 6) is 0.597. The van der Waals surface area contributed by atoms with Crippen LogP contribution in [0.1, 0.15) is 64.2 Å². The van der Waals surface area contributed by atoms with Gasteiger partial charge in [0.15, 0.2) is 11.6 Å². The van der Waals surface area contributed by atoms with Gasteiger partial charge in [-0.25, -0.2) is 9.78 Å². The lowest BCUT2D eigenvalue weighted by Crippen LogP contribution is -2.48. The summed E-state index contributed by atoms with van der Waals surface area (Å²) in [5.41, 5.74) is -0.825. The second-order valence-corrected chi connectivity index (χ2v) is 8.68. The highest BCUT2D eigenvalue weighted by Crippen LogP contribution is 2.33. The van der Waals surface area contributed by atoms with Crippen LogP contribution in [0.2, 0.25) is 0 Å². The Hall–Kier alpha value is -2.64. The monoisotopic (exact) mass is 414 g/mol. The molecule has 0 aromatic carbocycles. The molecule has 3 fully saturated rings. The summed E-state index contributed by atoms with van der Waals surface area (Å²) in [5, 5.41) is 5.53. The SMILES string of the molecule is O=C(CN1C(=O)NC2(CCCCC2)C1=O)Nc1ncccc1OCC1CCCCC1. The van der Waals surface area contributed by atoms with Crippen LogP contribution in [0.4, 0.5) is 10.6 Å². The molecule has 1 saturated heterocycles. The van der Waals surface area contributed by atoms with Crippen LogP contribution in [-0.4, -0.2) is 46.4 Å². The van der Waals surface area contributed by atoms with Gasteiger partial charge in [-0.2, -0.15) is 0 Å². The van der Waals surface area contributed by atoms with E-state index < -0.39 is 17.5 Å². The molecule has 0 bridgehead atoms. The quantitative estimate of drug-likeness (QED) is 0.696. The maximum atomic E-state index is 12.8. The summed E-state index contributed by atoms with van der Waals surface area (Å²) in [4.78, 5) is 43.1. The predicted octanol–water partition coefficient (Wildman–Crippen LogP) is 3.23. The average molecular weight is 415 g/mol. The number of anilines is 1. The Morgan fingerprint density at radius 2 is 1.90 bits per heavy atom. The van der Waals surface area contributed by atoms with Gasteiger partial charge < -0.3 is 15.4 Å². The van der Waals surface area contributed by atoms with E-state index in [4.69, 9.17) is 4.74 Å². The summed E-state index contributed by atoms with van der Waals surface area (Å²) >= 11 is 0. The van der Waals surface area contributed by atoms with Gasteiger partial charge in [0.2, 0.25) is 5.91 Å². The van der Waals surface area contributed by atoms with Crippen molar-refractivity contribution in [3.8, 4) is 5.75 Å². The number of urea groups is 1. The van der Waals surface area contributed by atoms with Crippen molar-refractivity contribution in [1.82, 2.24) is 15.2 Å². The molecular weight excluding hydrogens is 384 g/mol. The largest absolute Gasteiger partial charge is 0.489 e. The van der Waals surface area contributed by atoms with E-state index in [0.717, 1.165) is 37.0 Å². The van der Waals surface area contributed by atoms with Gasteiger partial charge in [0.05, 0.1) is 6.61 Å². The van der Waals surface area contributed by atoms with Crippen molar-refractivity contribution in [3.05, 3.63) is 18.3 Å². The molecule has 30 heavy (non-hydrogen) atoms. The van der Waals surface area contributed by atoms with E-state index in [9.17, 15) is 14.4 Å². The van der Waals surface area contributed by atoms with Gasteiger partial charge >= 0.3 is 6.03 Å². The van der Waals surface area contributed by atoms with Crippen LogP contribution in [0.5, 0.6) is 5.75 Å². The molecule has 4 rings (SSSR count). The molecule has 1 aromatic rings. The van der Waals surface area contributed by atoms with Crippen molar-refractivity contribution < 1.29 is 19.1 Å². The summed E-state index contributed by atoms with van der Waals surface area (Å²) < 4.78 is 5.94. The van der Waals surface area contributed by atoms with E-state index in [0.29, 0.717) is 36.9 Å². The van der Waals surface area contributed by atoms with Gasteiger partial charge in [0, 0.05) is 6.20 Å². The lowest BCUT2D eigenvalue weighted by Gasteiger charge is -2.30. The second kappa shape index (κ2) is 9.02. The Kier molecular flexibility index (Phi) is 6.20. The van der Waals surface area contributed by atoms with Crippen LogP contribution in [0.3, 0.4) is 0 Å². The van der Waals surface area contributed by atoms with Gasteiger partial charge in [-0.15, -0.1) is 0 Å². The van der Waals surface area contributed by atoms with Crippen LogP contribution in [0.15, 0.2) is 18.3 Å². The molecular formula is C22H30N4O4. The van der Waals surface area contributed by atoms with Crippen LogP contribution < -0.4 is 15.4 Å². The molecule has 2 aliphatic carbocycles. The maximum Gasteiger partial charge on any atom is 0.325 e. The minimum atomic E-state index is -0.825. The fourth-order valence-electron chi connectivity index (χ4n) is 4.79. The third kappa shape index (κ3) is 4.42. The third-order valence-corrected chi connectivity index (χ3v) is 6.48. The summed E-state index contributed by atoms with van der Waals surface area (Å²) in [6.45, 7) is 0.273. The maximum absolute atomic E-state index is 12.8. The Labute approximate surface area is 176 Å². The number of carbonyl (C=O) groups excluding carboxylic acids is 3. The highest BCUT2D eigenvalue weighted by Gasteiger charge is 2.51. The number of nitrogens with zero attached hydrogens (tertiary/aromatic N) is 2. The van der Waals surface area contributed by atoms with Gasteiger partial charge in [0.1, 0.15) is 12.1 Å². The molecule has 8 heteroatoms. The highest BCUT2D eigenvalue weighted by atomic mass is 16.5. The van der Waals surface area contributed by atoms with E-state index >= 15 is 0 Å². The molecule has 8 nitrogen and oxygen atoms in total. The van der Waals surface area contributed by atoms with Gasteiger partial charge in [-0.05, 0) is 43.7 Å². The predicted molar refractivity (Wildman–Crippen MR) is 111 cm³/mol. The normalized spacial score (nSPS) is 21.5. The molecule has 2 heterocycles. The van der Waals surface area contributed by atoms with Crippen LogP contribution in [0.25, 0.3) is 0 Å². The van der Waals surface area contributed by atoms with Crippen molar-refractivity contribution in [2.75, 3.05) is 18.5 Å². The standard InChI is InChI=1S/C22H30N4O4/c27-18(14-26-20(28)22(25-21(26)29)11-5-2-6-12-22)24-19-17(10-7-13-23-19)30-15-16-8-3-1-4-9-16/h7,10,13,16H,1-6,8-9,11-12,14-15H2,(H,25,29)(H,23,24,27). The minimum Gasteiger partial charge on any atom is -0.489 e. The first-order chi connectivity index (χ1) is 14.6. The third-order valence-electron chi connectivity index (χ3n) is 6.48. The van der Waals surface area contributed by atoms with E-state index in [1.165, 1.54) is 19.3 Å². The van der Waals surface area contributed by atoms with Crippen LogP contribution in [0, 0.1) is 5.92 Å². The lowest BCUT2D eigenvalue weighted by atomic mass is 9.82. The number of amides is 4. The Bertz CT molecular complexity index is 800. The Balaban J connectivity index is 1.36. The van der Waals surface area contributed by atoms with Gasteiger partial charge in [0.25, 0.3) is 5.91 Å². The first-order valence-electron chi connectivity index (χ1n) is 11.1. The van der Waals surface area contributed by atoms with Crippen molar-refractivity contribution >= 4 is 23.7 Å². The number of pyridine rings is 1. The summed E-state index contributed by atoms with van der Waals surface area (Å²) in [7, 11) is 0. The zero-order chi connectivity index (χ0) is 21.0. The van der Waals surface area contributed by atoms with Crippen molar-refractivity contribution in [2.24, 2.45) is 5.92 Å². The number of hydrogen-bond acceptors (Lipinski definition) is 5. The topological polar surface area (TPSA) is 101 Å².